The van der Waals surface area contributed by atoms with Crippen molar-refractivity contribution in [3.05, 3.63) is 41.6 Å². The summed E-state index contributed by atoms with van der Waals surface area (Å²) in [6.07, 6.45) is 1.69. The third-order valence-corrected chi connectivity index (χ3v) is 3.14. The molecule has 102 valence electrons. The van der Waals surface area contributed by atoms with Crippen molar-refractivity contribution in [1.82, 2.24) is 19.5 Å². The van der Waals surface area contributed by atoms with Crippen LogP contribution in [0.4, 0.5) is 0 Å². The summed E-state index contributed by atoms with van der Waals surface area (Å²) in [5.41, 5.74) is 2.20. The fourth-order valence-corrected chi connectivity index (χ4v) is 2.37. The van der Waals surface area contributed by atoms with Gasteiger partial charge in [0.15, 0.2) is 10.8 Å². The van der Waals surface area contributed by atoms with Gasteiger partial charge in [-0.2, -0.15) is 0 Å². The second-order valence-electron chi connectivity index (χ2n) is 4.28. The minimum absolute atomic E-state index is 0.395. The molecule has 0 bridgehead atoms. The molecule has 0 N–H and O–H groups in total. The molecule has 0 aliphatic heterocycles. The van der Waals surface area contributed by atoms with Crippen molar-refractivity contribution < 1.29 is 4.74 Å². The summed E-state index contributed by atoms with van der Waals surface area (Å²) in [6, 6.07) is 7.73. The molecule has 0 saturated carbocycles. The summed E-state index contributed by atoms with van der Waals surface area (Å²) in [7, 11) is 0. The van der Waals surface area contributed by atoms with E-state index in [0.29, 0.717) is 28.7 Å². The molecule has 0 aliphatic rings. The van der Waals surface area contributed by atoms with Crippen molar-refractivity contribution in [3.8, 4) is 11.4 Å². The lowest BCUT2D eigenvalue weighted by atomic mass is 10.3. The molecule has 3 rings (SSSR count). The summed E-state index contributed by atoms with van der Waals surface area (Å²) in [5, 5.41) is 0.395. The third-order valence-electron chi connectivity index (χ3n) is 2.88. The van der Waals surface area contributed by atoms with Crippen molar-refractivity contribution in [1.29, 1.82) is 0 Å². The van der Waals surface area contributed by atoms with E-state index in [0.717, 1.165) is 11.4 Å². The van der Waals surface area contributed by atoms with Gasteiger partial charge in [0.1, 0.15) is 23.4 Å². The number of hydrogen-bond donors (Lipinski definition) is 0. The lowest BCUT2D eigenvalue weighted by molar-refractivity contribution is 0.340. The first-order chi connectivity index (χ1) is 9.69. The molecule has 6 heteroatoms. The maximum absolute atomic E-state index is 6.22. The van der Waals surface area contributed by atoms with Gasteiger partial charge in [-0.15, -0.1) is 0 Å². The van der Waals surface area contributed by atoms with E-state index in [9.17, 15) is 0 Å². The van der Waals surface area contributed by atoms with E-state index in [2.05, 4.69) is 15.0 Å². The van der Waals surface area contributed by atoms with Gasteiger partial charge in [0.2, 0.25) is 0 Å². The normalized spacial score (nSPS) is 10.9. The number of rotatable bonds is 3. The number of hydrogen-bond acceptors (Lipinski definition) is 4. The summed E-state index contributed by atoms with van der Waals surface area (Å²) >= 11 is 6.22. The number of aromatic nitrogens is 4. The molecule has 0 unspecified atom stereocenters. The van der Waals surface area contributed by atoms with Crippen LogP contribution in [0.1, 0.15) is 12.7 Å². The van der Waals surface area contributed by atoms with Gasteiger partial charge in [-0.1, -0.05) is 17.7 Å². The van der Waals surface area contributed by atoms with Crippen LogP contribution in [0.3, 0.4) is 0 Å². The first kappa shape index (κ1) is 12.9. The zero-order valence-electron chi connectivity index (χ0n) is 11.2. The van der Waals surface area contributed by atoms with Crippen LogP contribution >= 0.6 is 11.6 Å². The Morgan fingerprint density at radius 2 is 2.15 bits per heavy atom. The molecule has 0 spiro atoms. The highest BCUT2D eigenvalue weighted by Gasteiger charge is 2.12. The molecule has 2 heterocycles. The van der Waals surface area contributed by atoms with Crippen LogP contribution in [-0.4, -0.2) is 26.1 Å². The fraction of sp³-hybridized carbons (Fsp3) is 0.214. The SMILES string of the molecule is CCOc1cccc(-n2cnc3nc(C)nc(Cl)c32)c1. The van der Waals surface area contributed by atoms with Crippen molar-refractivity contribution in [2.24, 2.45) is 0 Å². The average molecular weight is 289 g/mol. The van der Waals surface area contributed by atoms with E-state index in [4.69, 9.17) is 16.3 Å². The van der Waals surface area contributed by atoms with Crippen LogP contribution in [0.15, 0.2) is 30.6 Å². The zero-order valence-corrected chi connectivity index (χ0v) is 11.9. The lowest BCUT2D eigenvalue weighted by Crippen LogP contribution is -1.97. The van der Waals surface area contributed by atoms with Crippen LogP contribution in [0.2, 0.25) is 5.15 Å². The lowest BCUT2D eigenvalue weighted by Gasteiger charge is -2.08. The first-order valence-corrected chi connectivity index (χ1v) is 6.67. The van der Waals surface area contributed by atoms with Gasteiger partial charge in [-0.05, 0) is 26.0 Å². The predicted molar refractivity (Wildman–Crippen MR) is 77.6 cm³/mol. The summed E-state index contributed by atoms with van der Waals surface area (Å²) in [6.45, 7) is 4.37. The van der Waals surface area contributed by atoms with Gasteiger partial charge in [-0.3, -0.25) is 4.57 Å². The highest BCUT2D eigenvalue weighted by Crippen LogP contribution is 2.25. The fourth-order valence-electron chi connectivity index (χ4n) is 2.07. The van der Waals surface area contributed by atoms with E-state index in [1.54, 1.807) is 13.3 Å². The van der Waals surface area contributed by atoms with Crippen LogP contribution in [0.25, 0.3) is 16.9 Å². The van der Waals surface area contributed by atoms with Gasteiger partial charge in [0.25, 0.3) is 0 Å². The van der Waals surface area contributed by atoms with E-state index in [1.807, 2.05) is 35.8 Å². The largest absolute Gasteiger partial charge is 0.494 e. The van der Waals surface area contributed by atoms with Crippen LogP contribution in [0.5, 0.6) is 5.75 Å². The maximum Gasteiger partial charge on any atom is 0.182 e. The topological polar surface area (TPSA) is 52.8 Å². The van der Waals surface area contributed by atoms with Crippen molar-refractivity contribution in [2.45, 2.75) is 13.8 Å². The second kappa shape index (κ2) is 5.09. The standard InChI is InChI=1S/C14H13ClN4O/c1-3-20-11-6-4-5-10(7-11)19-8-16-14-12(19)13(15)17-9(2)18-14/h4-8H,3H2,1-2H3. The second-order valence-corrected chi connectivity index (χ2v) is 4.64. The number of imidazole rings is 1. The Labute approximate surface area is 121 Å². The maximum atomic E-state index is 6.22. The predicted octanol–water partition coefficient (Wildman–Crippen LogP) is 3.18. The number of aryl methyl sites for hydroxylation is 1. The quantitative estimate of drug-likeness (QED) is 0.695. The molecule has 0 aliphatic carbocycles. The smallest absolute Gasteiger partial charge is 0.182 e. The zero-order chi connectivity index (χ0) is 14.1. The molecule has 0 amide bonds. The molecular weight excluding hydrogens is 276 g/mol. The Kier molecular flexibility index (Phi) is 3.28. The first-order valence-electron chi connectivity index (χ1n) is 6.29. The molecular formula is C14H13ClN4O. The molecule has 2 aromatic heterocycles. The highest BCUT2D eigenvalue weighted by molar-refractivity contribution is 6.33. The number of halogens is 1. The summed E-state index contributed by atoms with van der Waals surface area (Å²) in [5.74, 6) is 1.41. The van der Waals surface area contributed by atoms with E-state index in [-0.39, 0.29) is 0 Å². The number of ether oxygens (including phenoxy) is 1. The van der Waals surface area contributed by atoms with Crippen LogP contribution in [-0.2, 0) is 0 Å². The van der Waals surface area contributed by atoms with Crippen LogP contribution in [0, 0.1) is 6.92 Å². The number of fused-ring (bicyclic) bond motifs is 1. The molecule has 20 heavy (non-hydrogen) atoms. The molecule has 0 saturated heterocycles. The molecule has 0 fully saturated rings. The third kappa shape index (κ3) is 2.20. The van der Waals surface area contributed by atoms with Gasteiger partial charge in [0.05, 0.1) is 12.3 Å². The minimum Gasteiger partial charge on any atom is -0.494 e. The Hall–Kier alpha value is -2.14. The summed E-state index contributed by atoms with van der Waals surface area (Å²) in [4.78, 5) is 12.7. The molecule has 0 radical (unpaired) electrons. The number of nitrogens with zero attached hydrogens (tertiary/aromatic N) is 4. The summed E-state index contributed by atoms with van der Waals surface area (Å²) < 4.78 is 7.37. The molecule has 1 aromatic carbocycles. The van der Waals surface area contributed by atoms with Gasteiger partial charge < -0.3 is 4.74 Å². The number of benzene rings is 1. The van der Waals surface area contributed by atoms with Crippen LogP contribution < -0.4 is 4.74 Å². The Morgan fingerprint density at radius 3 is 2.95 bits per heavy atom. The molecule has 5 nitrogen and oxygen atoms in total. The molecule has 3 aromatic rings. The Balaban J connectivity index is 2.17. The van der Waals surface area contributed by atoms with Gasteiger partial charge in [0, 0.05) is 6.07 Å². The van der Waals surface area contributed by atoms with Crippen molar-refractivity contribution >= 4 is 22.8 Å². The Bertz CT molecular complexity index is 769. The van der Waals surface area contributed by atoms with Gasteiger partial charge >= 0.3 is 0 Å². The monoisotopic (exact) mass is 288 g/mol. The van der Waals surface area contributed by atoms with Gasteiger partial charge in [-0.25, -0.2) is 15.0 Å². The van der Waals surface area contributed by atoms with E-state index < -0.39 is 0 Å². The molecule has 0 atom stereocenters. The van der Waals surface area contributed by atoms with E-state index >= 15 is 0 Å². The average Bonchev–Trinajstić information content (AvgIpc) is 2.83. The van der Waals surface area contributed by atoms with Crippen molar-refractivity contribution in [3.63, 3.8) is 0 Å². The minimum atomic E-state index is 0.395. The Morgan fingerprint density at radius 1 is 1.30 bits per heavy atom. The van der Waals surface area contributed by atoms with E-state index in [1.165, 1.54) is 0 Å². The highest BCUT2D eigenvalue weighted by atomic mass is 35.5. The van der Waals surface area contributed by atoms with Crippen molar-refractivity contribution in [2.75, 3.05) is 6.61 Å².